The van der Waals surface area contributed by atoms with Crippen molar-refractivity contribution < 1.29 is 14.3 Å². The van der Waals surface area contributed by atoms with Crippen molar-refractivity contribution in [3.8, 4) is 0 Å². The Morgan fingerprint density at radius 2 is 2.00 bits per heavy atom. The highest BCUT2D eigenvalue weighted by molar-refractivity contribution is 8.03. The fourth-order valence-electron chi connectivity index (χ4n) is 1.26. The standard InChI is InChI=1S/C10H14O3S/c1-4-8-5-14-10(13-8)9(6(2)11)7(3)12/h8H,4-5H2,1-3H3/t8-/m0/s1. The topological polar surface area (TPSA) is 43.4 Å². The molecule has 0 aromatic rings. The number of hydrogen-bond donors (Lipinski definition) is 0. The lowest BCUT2D eigenvalue weighted by molar-refractivity contribution is -0.119. The lowest BCUT2D eigenvalue weighted by atomic mass is 10.1. The second kappa shape index (κ2) is 4.64. The van der Waals surface area contributed by atoms with E-state index in [-0.39, 0.29) is 23.2 Å². The minimum absolute atomic E-state index is 0.142. The molecule has 0 aromatic heterocycles. The summed E-state index contributed by atoms with van der Waals surface area (Å²) in [6, 6.07) is 0. The summed E-state index contributed by atoms with van der Waals surface area (Å²) >= 11 is 1.46. The Morgan fingerprint density at radius 3 is 2.36 bits per heavy atom. The van der Waals surface area contributed by atoms with Crippen LogP contribution in [0.5, 0.6) is 0 Å². The first-order chi connectivity index (χ1) is 6.56. The van der Waals surface area contributed by atoms with Gasteiger partial charge in [-0.25, -0.2) is 0 Å². The molecule has 1 aliphatic rings. The van der Waals surface area contributed by atoms with Crippen LogP contribution in [0.25, 0.3) is 0 Å². The predicted molar refractivity (Wildman–Crippen MR) is 56.0 cm³/mol. The van der Waals surface area contributed by atoms with Crippen LogP contribution in [-0.4, -0.2) is 23.4 Å². The van der Waals surface area contributed by atoms with Gasteiger partial charge in [0.05, 0.1) is 0 Å². The Labute approximate surface area is 87.9 Å². The molecule has 0 bridgehead atoms. The summed E-state index contributed by atoms with van der Waals surface area (Å²) in [5.74, 6) is 0.407. The highest BCUT2D eigenvalue weighted by Gasteiger charge is 2.26. The van der Waals surface area contributed by atoms with Gasteiger partial charge in [-0.2, -0.15) is 0 Å². The summed E-state index contributed by atoms with van der Waals surface area (Å²) in [4.78, 5) is 22.4. The largest absolute Gasteiger partial charge is 0.482 e. The van der Waals surface area contributed by atoms with Crippen LogP contribution in [-0.2, 0) is 14.3 Å². The van der Waals surface area contributed by atoms with E-state index in [1.165, 1.54) is 25.6 Å². The molecule has 0 saturated carbocycles. The molecule has 4 heteroatoms. The summed E-state index contributed by atoms with van der Waals surface area (Å²) in [5.41, 5.74) is 0.214. The lowest BCUT2D eigenvalue weighted by Crippen LogP contribution is -2.11. The number of rotatable bonds is 3. The van der Waals surface area contributed by atoms with Crippen molar-refractivity contribution in [3.05, 3.63) is 10.7 Å². The van der Waals surface area contributed by atoms with Gasteiger partial charge in [-0.05, 0) is 20.3 Å². The predicted octanol–water partition coefficient (Wildman–Crippen LogP) is 1.92. The number of thioether (sulfide) groups is 1. The Morgan fingerprint density at radius 1 is 1.43 bits per heavy atom. The fraction of sp³-hybridized carbons (Fsp3) is 0.600. The van der Waals surface area contributed by atoms with Gasteiger partial charge in [-0.1, -0.05) is 18.7 Å². The Balaban J connectivity index is 2.91. The maximum absolute atomic E-state index is 11.2. The highest BCUT2D eigenvalue weighted by atomic mass is 32.2. The number of carbonyl (C=O) groups excluding carboxylic acids is 2. The molecule has 1 heterocycles. The van der Waals surface area contributed by atoms with Gasteiger partial charge in [0.15, 0.2) is 16.7 Å². The molecule has 0 radical (unpaired) electrons. The summed E-state index contributed by atoms with van der Waals surface area (Å²) in [6.07, 6.45) is 1.04. The number of allylic oxidation sites excluding steroid dienone is 1. The van der Waals surface area contributed by atoms with Gasteiger partial charge in [0.2, 0.25) is 0 Å². The van der Waals surface area contributed by atoms with Crippen LogP contribution in [0.3, 0.4) is 0 Å². The van der Waals surface area contributed by atoms with Crippen LogP contribution in [0.2, 0.25) is 0 Å². The molecule has 1 rings (SSSR count). The summed E-state index contributed by atoms with van der Waals surface area (Å²) in [7, 11) is 0. The van der Waals surface area contributed by atoms with Crippen molar-refractivity contribution in [3.63, 3.8) is 0 Å². The van der Waals surface area contributed by atoms with Crippen LogP contribution in [0.15, 0.2) is 10.7 Å². The van der Waals surface area contributed by atoms with E-state index in [1.54, 1.807) is 0 Å². The molecule has 3 nitrogen and oxygen atoms in total. The Bertz CT molecular complexity index is 278. The summed E-state index contributed by atoms with van der Waals surface area (Å²) in [5, 5.41) is 0.511. The maximum atomic E-state index is 11.2. The van der Waals surface area contributed by atoms with E-state index in [0.717, 1.165) is 12.2 Å². The first kappa shape index (κ1) is 11.3. The molecule has 0 amide bonds. The van der Waals surface area contributed by atoms with Crippen molar-refractivity contribution in [2.24, 2.45) is 0 Å². The van der Waals surface area contributed by atoms with E-state index >= 15 is 0 Å². The zero-order valence-electron chi connectivity index (χ0n) is 8.62. The highest BCUT2D eigenvalue weighted by Crippen LogP contribution is 2.33. The van der Waals surface area contributed by atoms with Gasteiger partial charge in [0, 0.05) is 5.75 Å². The summed E-state index contributed by atoms with van der Waals surface area (Å²) < 4.78 is 5.50. The molecule has 0 aliphatic carbocycles. The first-order valence-corrected chi connectivity index (χ1v) is 5.60. The van der Waals surface area contributed by atoms with E-state index in [4.69, 9.17) is 4.74 Å². The van der Waals surface area contributed by atoms with Gasteiger partial charge in [-0.3, -0.25) is 9.59 Å². The normalized spacial score (nSPS) is 20.5. The molecular weight excluding hydrogens is 200 g/mol. The van der Waals surface area contributed by atoms with E-state index in [2.05, 4.69) is 0 Å². The molecule has 14 heavy (non-hydrogen) atoms. The molecule has 78 valence electrons. The minimum atomic E-state index is -0.211. The molecule has 1 fully saturated rings. The van der Waals surface area contributed by atoms with E-state index in [0.29, 0.717) is 5.09 Å². The van der Waals surface area contributed by atoms with Crippen LogP contribution < -0.4 is 0 Å². The average molecular weight is 214 g/mol. The van der Waals surface area contributed by atoms with Crippen molar-refractivity contribution >= 4 is 23.3 Å². The van der Waals surface area contributed by atoms with Gasteiger partial charge in [0.25, 0.3) is 0 Å². The van der Waals surface area contributed by atoms with Crippen molar-refractivity contribution in [2.75, 3.05) is 5.75 Å². The second-order valence-corrected chi connectivity index (χ2v) is 4.23. The van der Waals surface area contributed by atoms with Gasteiger partial charge < -0.3 is 4.74 Å². The third kappa shape index (κ3) is 2.38. The van der Waals surface area contributed by atoms with E-state index in [9.17, 15) is 9.59 Å². The van der Waals surface area contributed by atoms with Crippen LogP contribution in [0.4, 0.5) is 0 Å². The van der Waals surface area contributed by atoms with E-state index < -0.39 is 0 Å². The molecular formula is C10H14O3S. The van der Waals surface area contributed by atoms with E-state index in [1.807, 2.05) is 6.92 Å². The lowest BCUT2D eigenvalue weighted by Gasteiger charge is -2.07. The smallest absolute Gasteiger partial charge is 0.168 e. The molecule has 1 aliphatic heterocycles. The third-order valence-corrected chi connectivity index (χ3v) is 3.14. The number of Topliss-reactive ketones (excluding diaryl/α,β-unsaturated/α-hetero) is 2. The third-order valence-electron chi connectivity index (χ3n) is 2.04. The monoisotopic (exact) mass is 214 g/mol. The molecule has 1 atom stereocenters. The Kier molecular flexibility index (Phi) is 3.75. The summed E-state index contributed by atoms with van der Waals surface area (Å²) in [6.45, 7) is 4.81. The quantitative estimate of drug-likeness (QED) is 0.409. The SMILES string of the molecule is CC[C@H]1CSC(=C(C(C)=O)C(C)=O)O1. The number of ketones is 2. The van der Waals surface area contributed by atoms with Gasteiger partial charge in [-0.15, -0.1) is 0 Å². The van der Waals surface area contributed by atoms with Crippen molar-refractivity contribution in [2.45, 2.75) is 33.3 Å². The molecule has 1 saturated heterocycles. The minimum Gasteiger partial charge on any atom is -0.482 e. The molecule has 0 aromatic carbocycles. The molecule has 0 unspecified atom stereocenters. The maximum Gasteiger partial charge on any atom is 0.168 e. The fourth-order valence-corrected chi connectivity index (χ4v) is 2.53. The first-order valence-electron chi connectivity index (χ1n) is 4.61. The second-order valence-electron chi connectivity index (χ2n) is 3.23. The zero-order chi connectivity index (χ0) is 10.7. The van der Waals surface area contributed by atoms with Crippen LogP contribution in [0.1, 0.15) is 27.2 Å². The molecule has 0 spiro atoms. The zero-order valence-corrected chi connectivity index (χ0v) is 9.44. The number of ether oxygens (including phenoxy) is 1. The van der Waals surface area contributed by atoms with Crippen molar-refractivity contribution in [1.82, 2.24) is 0 Å². The van der Waals surface area contributed by atoms with Gasteiger partial charge in [0.1, 0.15) is 11.7 Å². The Hall–Kier alpha value is -0.770. The number of hydrogen-bond acceptors (Lipinski definition) is 4. The molecule has 0 N–H and O–H groups in total. The van der Waals surface area contributed by atoms with Crippen LogP contribution in [0, 0.1) is 0 Å². The van der Waals surface area contributed by atoms with Crippen LogP contribution >= 0.6 is 11.8 Å². The average Bonchev–Trinajstić information content (AvgIpc) is 2.51. The van der Waals surface area contributed by atoms with Gasteiger partial charge >= 0.3 is 0 Å². The van der Waals surface area contributed by atoms with Crippen molar-refractivity contribution in [1.29, 1.82) is 0 Å². The number of carbonyl (C=O) groups is 2.